The summed E-state index contributed by atoms with van der Waals surface area (Å²) >= 11 is 0. The summed E-state index contributed by atoms with van der Waals surface area (Å²) in [6.45, 7) is 6.01. The highest BCUT2D eigenvalue weighted by atomic mass is 16.1. The summed E-state index contributed by atoms with van der Waals surface area (Å²) in [6.07, 6.45) is 5.50. The molecular formula is C14H20N2O. The molecule has 0 radical (unpaired) electrons. The number of carbonyl (C=O) groups is 1. The number of pyridine rings is 1. The van der Waals surface area contributed by atoms with Crippen LogP contribution in [0, 0.1) is 5.92 Å². The van der Waals surface area contributed by atoms with Crippen LogP contribution < -0.4 is 4.90 Å². The largest absolute Gasteiger partial charge is 0.356 e. The van der Waals surface area contributed by atoms with E-state index >= 15 is 0 Å². The van der Waals surface area contributed by atoms with Crippen LogP contribution in [0.25, 0.3) is 0 Å². The average molecular weight is 232 g/mol. The van der Waals surface area contributed by atoms with Gasteiger partial charge in [0, 0.05) is 24.8 Å². The molecule has 0 N–H and O–H groups in total. The highest BCUT2D eigenvalue weighted by Crippen LogP contribution is 2.23. The molecular weight excluding hydrogens is 212 g/mol. The lowest BCUT2D eigenvalue weighted by molar-refractivity contribution is 0.101. The van der Waals surface area contributed by atoms with Crippen LogP contribution in [0.5, 0.6) is 0 Å². The summed E-state index contributed by atoms with van der Waals surface area (Å²) < 4.78 is 0. The molecule has 2 heterocycles. The molecule has 1 aromatic rings. The summed E-state index contributed by atoms with van der Waals surface area (Å²) in [5.41, 5.74) is 0.692. The van der Waals surface area contributed by atoms with Gasteiger partial charge in [0.1, 0.15) is 5.82 Å². The predicted octanol–water partition coefficient (Wildman–Crippen LogP) is 2.91. The van der Waals surface area contributed by atoms with Crippen molar-refractivity contribution in [3.05, 3.63) is 23.9 Å². The van der Waals surface area contributed by atoms with E-state index in [-0.39, 0.29) is 5.78 Å². The van der Waals surface area contributed by atoms with Gasteiger partial charge in [-0.2, -0.15) is 0 Å². The Morgan fingerprint density at radius 3 is 2.94 bits per heavy atom. The third-order valence-electron chi connectivity index (χ3n) is 3.57. The molecule has 92 valence electrons. The first-order chi connectivity index (χ1) is 8.20. The summed E-state index contributed by atoms with van der Waals surface area (Å²) in [4.78, 5) is 17.9. The van der Waals surface area contributed by atoms with Gasteiger partial charge in [0.2, 0.25) is 0 Å². The van der Waals surface area contributed by atoms with Gasteiger partial charge in [-0.3, -0.25) is 4.79 Å². The van der Waals surface area contributed by atoms with Crippen molar-refractivity contribution >= 4 is 11.6 Å². The van der Waals surface area contributed by atoms with E-state index in [4.69, 9.17) is 0 Å². The first-order valence-electron chi connectivity index (χ1n) is 6.42. The zero-order valence-electron chi connectivity index (χ0n) is 10.6. The number of anilines is 1. The lowest BCUT2D eigenvalue weighted by atomic mass is 9.96. The lowest BCUT2D eigenvalue weighted by Crippen LogP contribution is -2.35. The van der Waals surface area contributed by atoms with Crippen LogP contribution in [-0.4, -0.2) is 23.9 Å². The third kappa shape index (κ3) is 2.84. The minimum atomic E-state index is 0.0779. The van der Waals surface area contributed by atoms with Gasteiger partial charge in [0.25, 0.3) is 0 Å². The SMILES string of the molecule is CCC1CCCN(c2ccc(C(C)=O)cn2)C1. The zero-order chi connectivity index (χ0) is 12.3. The first-order valence-corrected chi connectivity index (χ1v) is 6.42. The zero-order valence-corrected chi connectivity index (χ0v) is 10.6. The number of hydrogen-bond donors (Lipinski definition) is 0. The van der Waals surface area contributed by atoms with E-state index in [1.807, 2.05) is 12.1 Å². The van der Waals surface area contributed by atoms with Gasteiger partial charge in [-0.25, -0.2) is 4.98 Å². The summed E-state index contributed by atoms with van der Waals surface area (Å²) in [7, 11) is 0. The Bertz CT molecular complexity index is 386. The molecule has 1 aliphatic heterocycles. The minimum Gasteiger partial charge on any atom is -0.356 e. The molecule has 2 rings (SSSR count). The Labute approximate surface area is 103 Å². The van der Waals surface area contributed by atoms with Crippen LogP contribution in [0.4, 0.5) is 5.82 Å². The van der Waals surface area contributed by atoms with Crippen LogP contribution >= 0.6 is 0 Å². The molecule has 1 atom stereocenters. The molecule has 0 amide bonds. The van der Waals surface area contributed by atoms with E-state index in [1.165, 1.54) is 19.3 Å². The van der Waals surface area contributed by atoms with E-state index in [9.17, 15) is 4.79 Å². The quantitative estimate of drug-likeness (QED) is 0.751. The molecule has 3 nitrogen and oxygen atoms in total. The molecule has 0 aromatic carbocycles. The number of Topliss-reactive ketones (excluding diaryl/α,β-unsaturated/α-hetero) is 1. The molecule has 1 aromatic heterocycles. The first kappa shape index (κ1) is 12.1. The van der Waals surface area contributed by atoms with Crippen molar-refractivity contribution in [3.8, 4) is 0 Å². The molecule has 0 aliphatic carbocycles. The summed E-state index contributed by atoms with van der Waals surface area (Å²) in [6, 6.07) is 3.84. The number of hydrogen-bond acceptors (Lipinski definition) is 3. The Morgan fingerprint density at radius 2 is 2.35 bits per heavy atom. The fraction of sp³-hybridized carbons (Fsp3) is 0.571. The Kier molecular flexibility index (Phi) is 3.77. The lowest BCUT2D eigenvalue weighted by Gasteiger charge is -2.33. The van der Waals surface area contributed by atoms with Crippen LogP contribution in [0.2, 0.25) is 0 Å². The van der Waals surface area contributed by atoms with Crippen LogP contribution in [0.1, 0.15) is 43.5 Å². The van der Waals surface area contributed by atoms with Crippen molar-refractivity contribution in [3.63, 3.8) is 0 Å². The van der Waals surface area contributed by atoms with Crippen molar-refractivity contribution < 1.29 is 4.79 Å². The number of piperidine rings is 1. The van der Waals surface area contributed by atoms with E-state index in [2.05, 4.69) is 16.8 Å². The number of aromatic nitrogens is 1. The van der Waals surface area contributed by atoms with Crippen LogP contribution in [-0.2, 0) is 0 Å². The second kappa shape index (κ2) is 5.30. The Balaban J connectivity index is 2.08. The highest BCUT2D eigenvalue weighted by Gasteiger charge is 2.19. The van der Waals surface area contributed by atoms with Gasteiger partial charge in [-0.1, -0.05) is 13.3 Å². The monoisotopic (exact) mass is 232 g/mol. The predicted molar refractivity (Wildman–Crippen MR) is 69.5 cm³/mol. The molecule has 17 heavy (non-hydrogen) atoms. The van der Waals surface area contributed by atoms with Crippen LogP contribution in [0.3, 0.4) is 0 Å². The highest BCUT2D eigenvalue weighted by molar-refractivity contribution is 5.93. The van der Waals surface area contributed by atoms with Gasteiger partial charge in [-0.15, -0.1) is 0 Å². The van der Waals surface area contributed by atoms with Gasteiger partial charge in [0.15, 0.2) is 5.78 Å². The molecule has 3 heteroatoms. The average Bonchev–Trinajstić information content (AvgIpc) is 2.39. The third-order valence-corrected chi connectivity index (χ3v) is 3.57. The fourth-order valence-corrected chi connectivity index (χ4v) is 2.39. The maximum Gasteiger partial charge on any atom is 0.161 e. The molecule has 1 saturated heterocycles. The molecule has 1 fully saturated rings. The number of ketones is 1. The van der Waals surface area contributed by atoms with Crippen molar-refractivity contribution in [2.45, 2.75) is 33.1 Å². The second-order valence-electron chi connectivity index (χ2n) is 4.82. The second-order valence-corrected chi connectivity index (χ2v) is 4.82. The van der Waals surface area contributed by atoms with E-state index < -0.39 is 0 Å². The Morgan fingerprint density at radius 1 is 1.53 bits per heavy atom. The van der Waals surface area contributed by atoms with E-state index in [1.54, 1.807) is 13.1 Å². The van der Waals surface area contributed by atoms with Crippen molar-refractivity contribution in [1.29, 1.82) is 0 Å². The topological polar surface area (TPSA) is 33.2 Å². The molecule has 0 bridgehead atoms. The van der Waals surface area contributed by atoms with Gasteiger partial charge in [0.05, 0.1) is 0 Å². The normalized spacial score (nSPS) is 20.4. The minimum absolute atomic E-state index is 0.0779. The molecule has 1 aliphatic rings. The van der Waals surface area contributed by atoms with Crippen LogP contribution in [0.15, 0.2) is 18.3 Å². The Hall–Kier alpha value is -1.38. The summed E-state index contributed by atoms with van der Waals surface area (Å²) in [5.74, 6) is 1.88. The standard InChI is InChI=1S/C14H20N2O/c1-3-12-5-4-8-16(10-12)14-7-6-13(9-15-14)11(2)17/h6-7,9,12H,3-5,8,10H2,1-2H3. The molecule has 1 unspecified atom stereocenters. The number of carbonyl (C=O) groups excluding carboxylic acids is 1. The van der Waals surface area contributed by atoms with E-state index in [0.717, 1.165) is 24.8 Å². The van der Waals surface area contributed by atoms with Crippen molar-refractivity contribution in [2.24, 2.45) is 5.92 Å². The van der Waals surface area contributed by atoms with Gasteiger partial charge in [-0.05, 0) is 37.8 Å². The van der Waals surface area contributed by atoms with Gasteiger partial charge < -0.3 is 4.90 Å². The maximum absolute atomic E-state index is 11.2. The fourth-order valence-electron chi connectivity index (χ4n) is 2.39. The maximum atomic E-state index is 11.2. The van der Waals surface area contributed by atoms with E-state index in [0.29, 0.717) is 5.56 Å². The smallest absolute Gasteiger partial charge is 0.161 e. The van der Waals surface area contributed by atoms with Crippen molar-refractivity contribution in [2.75, 3.05) is 18.0 Å². The molecule has 0 spiro atoms. The van der Waals surface area contributed by atoms with Gasteiger partial charge >= 0.3 is 0 Å². The number of nitrogens with zero attached hydrogens (tertiary/aromatic N) is 2. The van der Waals surface area contributed by atoms with Crippen molar-refractivity contribution in [1.82, 2.24) is 4.98 Å². The molecule has 0 saturated carbocycles. The summed E-state index contributed by atoms with van der Waals surface area (Å²) in [5, 5.41) is 0. The number of rotatable bonds is 3.